The molecule has 106 valence electrons. The van der Waals surface area contributed by atoms with Crippen molar-refractivity contribution in [2.24, 2.45) is 0 Å². The number of hydrogen-bond donors (Lipinski definition) is 2. The van der Waals surface area contributed by atoms with E-state index in [9.17, 15) is 5.11 Å². The summed E-state index contributed by atoms with van der Waals surface area (Å²) in [6, 6.07) is 1.81. The molecule has 1 heterocycles. The van der Waals surface area contributed by atoms with E-state index in [2.05, 4.69) is 19.3 Å². The lowest BCUT2D eigenvalue weighted by atomic mass is 9.87. The number of ether oxygens (including phenoxy) is 1. The van der Waals surface area contributed by atoms with Crippen molar-refractivity contribution in [2.75, 3.05) is 6.61 Å². The first-order valence-electron chi connectivity index (χ1n) is 6.75. The smallest absolute Gasteiger partial charge is 0.128 e. The zero-order valence-corrected chi connectivity index (χ0v) is 12.3. The van der Waals surface area contributed by atoms with Crippen LogP contribution in [0.25, 0.3) is 0 Å². The van der Waals surface area contributed by atoms with E-state index < -0.39 is 0 Å². The topological polar surface area (TPSA) is 50.7 Å². The molecular weight excluding hydrogens is 242 g/mol. The van der Waals surface area contributed by atoms with Crippen LogP contribution in [0.15, 0.2) is 6.07 Å². The minimum atomic E-state index is -0.254. The average molecular weight is 265 g/mol. The van der Waals surface area contributed by atoms with Gasteiger partial charge in [-0.15, -0.1) is 0 Å². The van der Waals surface area contributed by atoms with Crippen molar-refractivity contribution in [3.63, 3.8) is 0 Å². The Hall–Kier alpha value is -1.26. The number of aromatic hydroxyl groups is 1. The van der Waals surface area contributed by atoms with E-state index >= 15 is 0 Å². The van der Waals surface area contributed by atoms with Crippen LogP contribution >= 0.6 is 0 Å². The van der Waals surface area contributed by atoms with Crippen LogP contribution in [0.1, 0.15) is 49.9 Å². The molecule has 2 N–H and O–H groups in total. The molecule has 0 bridgehead atoms. The standard InChI is InChI=1S/C15H23NO3/c1-6-18-16-12-8-15(4,5)19-14-10(3)9(2)13(17)7-11(12)14/h7,12,16-17H,6,8H2,1-5H3. The Morgan fingerprint density at radius 3 is 2.74 bits per heavy atom. The van der Waals surface area contributed by atoms with Gasteiger partial charge in [0.2, 0.25) is 0 Å². The highest BCUT2D eigenvalue weighted by Crippen LogP contribution is 2.44. The molecule has 2 rings (SSSR count). The molecule has 1 aliphatic heterocycles. The summed E-state index contributed by atoms with van der Waals surface area (Å²) in [6.45, 7) is 10.6. The van der Waals surface area contributed by atoms with Crippen LogP contribution in [-0.2, 0) is 4.84 Å². The Labute approximate surface area is 114 Å². The first-order valence-corrected chi connectivity index (χ1v) is 6.75. The van der Waals surface area contributed by atoms with Gasteiger partial charge in [0, 0.05) is 12.0 Å². The maximum absolute atomic E-state index is 10.0. The molecule has 1 aromatic rings. The number of phenols is 1. The van der Waals surface area contributed by atoms with E-state index in [1.807, 2.05) is 20.8 Å². The maximum atomic E-state index is 10.0. The predicted molar refractivity (Wildman–Crippen MR) is 74.4 cm³/mol. The molecule has 19 heavy (non-hydrogen) atoms. The zero-order valence-electron chi connectivity index (χ0n) is 12.3. The van der Waals surface area contributed by atoms with Crippen molar-refractivity contribution in [3.8, 4) is 11.5 Å². The molecule has 1 aromatic carbocycles. The fourth-order valence-corrected chi connectivity index (χ4v) is 2.50. The molecule has 0 aromatic heterocycles. The van der Waals surface area contributed by atoms with Crippen LogP contribution in [-0.4, -0.2) is 17.3 Å². The van der Waals surface area contributed by atoms with E-state index in [0.29, 0.717) is 12.4 Å². The Morgan fingerprint density at radius 2 is 2.11 bits per heavy atom. The molecule has 1 aliphatic rings. The molecule has 0 aliphatic carbocycles. The van der Waals surface area contributed by atoms with Gasteiger partial charge in [0.1, 0.15) is 17.1 Å². The SMILES string of the molecule is CCONC1CC(C)(C)Oc2c1cc(O)c(C)c2C. The second-order valence-corrected chi connectivity index (χ2v) is 5.73. The van der Waals surface area contributed by atoms with E-state index in [4.69, 9.17) is 9.57 Å². The van der Waals surface area contributed by atoms with Crippen molar-refractivity contribution >= 4 is 0 Å². The second kappa shape index (κ2) is 5.02. The third-order valence-corrected chi connectivity index (χ3v) is 3.66. The largest absolute Gasteiger partial charge is 0.508 e. The maximum Gasteiger partial charge on any atom is 0.128 e. The van der Waals surface area contributed by atoms with Crippen molar-refractivity contribution in [3.05, 3.63) is 22.8 Å². The van der Waals surface area contributed by atoms with Gasteiger partial charge in [0.15, 0.2) is 0 Å². The molecule has 0 spiro atoms. The molecule has 0 amide bonds. The van der Waals surface area contributed by atoms with Crippen LogP contribution in [0.5, 0.6) is 11.5 Å². The van der Waals surface area contributed by atoms with Crippen LogP contribution in [0.3, 0.4) is 0 Å². The van der Waals surface area contributed by atoms with Crippen molar-refractivity contribution in [2.45, 2.75) is 52.7 Å². The summed E-state index contributed by atoms with van der Waals surface area (Å²) in [7, 11) is 0. The number of hydroxylamine groups is 1. The van der Waals surface area contributed by atoms with Crippen molar-refractivity contribution < 1.29 is 14.7 Å². The second-order valence-electron chi connectivity index (χ2n) is 5.73. The number of hydrogen-bond acceptors (Lipinski definition) is 4. The van der Waals surface area contributed by atoms with Crippen LogP contribution in [0, 0.1) is 13.8 Å². The molecule has 1 unspecified atom stereocenters. The number of phenolic OH excluding ortho intramolecular Hbond substituents is 1. The lowest BCUT2D eigenvalue weighted by molar-refractivity contribution is -0.0168. The minimum absolute atomic E-state index is 0.0314. The quantitative estimate of drug-likeness (QED) is 0.824. The first kappa shape index (κ1) is 14.2. The minimum Gasteiger partial charge on any atom is -0.508 e. The lowest BCUT2D eigenvalue weighted by Crippen LogP contribution is -2.40. The average Bonchev–Trinajstić information content (AvgIpc) is 2.34. The summed E-state index contributed by atoms with van der Waals surface area (Å²) in [5.41, 5.74) is 5.64. The Kier molecular flexibility index (Phi) is 3.74. The van der Waals surface area contributed by atoms with E-state index in [1.54, 1.807) is 6.07 Å². The highest BCUT2D eigenvalue weighted by molar-refractivity contribution is 5.54. The Morgan fingerprint density at radius 1 is 1.42 bits per heavy atom. The molecule has 0 fully saturated rings. The third-order valence-electron chi connectivity index (χ3n) is 3.66. The highest BCUT2D eigenvalue weighted by atomic mass is 16.6. The molecule has 0 saturated heterocycles. The van der Waals surface area contributed by atoms with E-state index in [0.717, 1.165) is 28.9 Å². The van der Waals surface area contributed by atoms with Crippen molar-refractivity contribution in [1.29, 1.82) is 0 Å². The third kappa shape index (κ3) is 2.69. The van der Waals surface area contributed by atoms with E-state index in [-0.39, 0.29) is 11.6 Å². The number of benzene rings is 1. The first-order chi connectivity index (χ1) is 8.85. The zero-order chi connectivity index (χ0) is 14.2. The lowest BCUT2D eigenvalue weighted by Gasteiger charge is -2.38. The molecule has 0 saturated carbocycles. The fraction of sp³-hybridized carbons (Fsp3) is 0.600. The molecule has 1 atom stereocenters. The summed E-state index contributed by atoms with van der Waals surface area (Å²) < 4.78 is 6.09. The fourth-order valence-electron chi connectivity index (χ4n) is 2.50. The van der Waals surface area contributed by atoms with Gasteiger partial charge >= 0.3 is 0 Å². The van der Waals surface area contributed by atoms with Gasteiger partial charge in [-0.1, -0.05) is 0 Å². The van der Waals surface area contributed by atoms with Gasteiger partial charge in [-0.3, -0.25) is 0 Å². The van der Waals surface area contributed by atoms with Crippen LogP contribution < -0.4 is 10.2 Å². The predicted octanol–water partition coefficient (Wildman–Crippen LogP) is 3.15. The summed E-state index contributed by atoms with van der Waals surface area (Å²) in [4.78, 5) is 5.35. The highest BCUT2D eigenvalue weighted by Gasteiger charge is 2.35. The normalized spacial score (nSPS) is 20.8. The van der Waals surface area contributed by atoms with Gasteiger partial charge in [0.25, 0.3) is 0 Å². The Balaban J connectivity index is 2.47. The van der Waals surface area contributed by atoms with Crippen molar-refractivity contribution in [1.82, 2.24) is 5.48 Å². The molecule has 0 radical (unpaired) electrons. The summed E-state index contributed by atoms with van der Waals surface area (Å²) in [5.74, 6) is 1.17. The van der Waals surface area contributed by atoms with Crippen LogP contribution in [0.2, 0.25) is 0 Å². The van der Waals surface area contributed by atoms with E-state index in [1.165, 1.54) is 0 Å². The summed E-state index contributed by atoms with van der Waals surface area (Å²) >= 11 is 0. The van der Waals surface area contributed by atoms with Gasteiger partial charge in [-0.25, -0.2) is 0 Å². The monoisotopic (exact) mass is 265 g/mol. The number of nitrogens with one attached hydrogen (secondary N) is 1. The molecular formula is C15H23NO3. The van der Waals surface area contributed by atoms with Gasteiger partial charge < -0.3 is 14.7 Å². The number of rotatable bonds is 3. The van der Waals surface area contributed by atoms with Gasteiger partial charge in [-0.05, 0) is 51.8 Å². The molecule has 4 heteroatoms. The Bertz CT molecular complexity index is 483. The number of fused-ring (bicyclic) bond motifs is 1. The molecule has 4 nitrogen and oxygen atoms in total. The van der Waals surface area contributed by atoms with Gasteiger partial charge in [-0.2, -0.15) is 5.48 Å². The summed E-state index contributed by atoms with van der Waals surface area (Å²) in [5, 5.41) is 10.0. The van der Waals surface area contributed by atoms with Gasteiger partial charge in [0.05, 0.1) is 12.6 Å². The summed E-state index contributed by atoms with van der Waals surface area (Å²) in [6.07, 6.45) is 0.794. The van der Waals surface area contributed by atoms with Crippen LogP contribution in [0.4, 0.5) is 0 Å².